The molecule has 0 fully saturated rings. The molecule has 1 heterocycles. The van der Waals surface area contributed by atoms with Crippen molar-refractivity contribution in [3.8, 4) is 0 Å². The van der Waals surface area contributed by atoms with E-state index in [-0.39, 0.29) is 17.5 Å². The van der Waals surface area contributed by atoms with Crippen LogP contribution < -0.4 is 5.32 Å². The van der Waals surface area contributed by atoms with Gasteiger partial charge in [0.05, 0.1) is 17.0 Å². The van der Waals surface area contributed by atoms with Crippen molar-refractivity contribution in [1.82, 2.24) is 14.8 Å². The molecular weight excluding hydrogens is 329 g/mol. The number of alkyl halides is 3. The fourth-order valence-electron chi connectivity index (χ4n) is 1.85. The zero-order valence-electron chi connectivity index (χ0n) is 12.5. The monoisotopic (exact) mass is 344 g/mol. The fourth-order valence-corrected chi connectivity index (χ4v) is 2.69. The third kappa shape index (κ3) is 4.47. The number of hydrogen-bond donors (Lipinski definition) is 1. The lowest BCUT2D eigenvalue weighted by atomic mass is 10.1. The van der Waals surface area contributed by atoms with E-state index in [0.717, 1.165) is 17.8 Å². The Balaban J connectivity index is 2.02. The van der Waals surface area contributed by atoms with Crippen molar-refractivity contribution in [3.63, 3.8) is 0 Å². The predicted molar refractivity (Wildman–Crippen MR) is 81.2 cm³/mol. The maximum Gasteiger partial charge on any atom is 0.418 e. The van der Waals surface area contributed by atoms with E-state index in [0.29, 0.717) is 5.16 Å². The molecule has 1 aromatic heterocycles. The number of para-hydroxylation sites is 1. The Morgan fingerprint density at radius 2 is 2.04 bits per heavy atom. The van der Waals surface area contributed by atoms with E-state index in [1.54, 1.807) is 10.9 Å². The molecule has 0 spiro atoms. The van der Waals surface area contributed by atoms with Crippen LogP contribution in [0.4, 0.5) is 18.9 Å². The van der Waals surface area contributed by atoms with Crippen molar-refractivity contribution in [2.45, 2.75) is 31.2 Å². The Hall–Kier alpha value is -2.03. The Bertz CT molecular complexity index is 685. The average Bonchev–Trinajstić information content (AvgIpc) is 2.93. The summed E-state index contributed by atoms with van der Waals surface area (Å²) in [5.41, 5.74) is -1.13. The third-order valence-electron chi connectivity index (χ3n) is 2.94. The lowest BCUT2D eigenvalue weighted by Crippen LogP contribution is -2.18. The Labute approximate surface area is 135 Å². The molecule has 2 rings (SSSR count). The summed E-state index contributed by atoms with van der Waals surface area (Å²) in [6, 6.07) is 4.99. The molecule has 0 unspecified atom stereocenters. The van der Waals surface area contributed by atoms with Crippen LogP contribution in [0.2, 0.25) is 0 Å². The van der Waals surface area contributed by atoms with Gasteiger partial charge in [0.1, 0.15) is 6.33 Å². The second-order valence-electron chi connectivity index (χ2n) is 4.99. The first-order chi connectivity index (χ1) is 10.8. The molecule has 0 atom stereocenters. The number of nitrogens with one attached hydrogen (secondary N) is 1. The molecule has 23 heavy (non-hydrogen) atoms. The van der Waals surface area contributed by atoms with Crippen molar-refractivity contribution in [1.29, 1.82) is 0 Å². The van der Waals surface area contributed by atoms with Gasteiger partial charge in [0.2, 0.25) is 5.91 Å². The van der Waals surface area contributed by atoms with Crippen LogP contribution in [-0.4, -0.2) is 26.4 Å². The Morgan fingerprint density at radius 3 is 2.70 bits per heavy atom. The van der Waals surface area contributed by atoms with E-state index in [1.165, 1.54) is 18.2 Å². The molecule has 0 aliphatic heterocycles. The molecule has 2 aromatic rings. The fraction of sp³-hybridized carbons (Fsp3) is 0.357. The largest absolute Gasteiger partial charge is 0.418 e. The molecule has 0 saturated carbocycles. The van der Waals surface area contributed by atoms with Crippen molar-refractivity contribution < 1.29 is 18.0 Å². The average molecular weight is 344 g/mol. The lowest BCUT2D eigenvalue weighted by molar-refractivity contribution is -0.137. The standard InChI is InChI=1S/C14H15F3N4OS/c1-9(2)21-8-18-20-13(21)23-7-12(22)19-11-6-4-3-5-10(11)14(15,16)17/h3-6,8-9H,7H2,1-2H3,(H,19,22). The Morgan fingerprint density at radius 1 is 1.35 bits per heavy atom. The van der Waals surface area contributed by atoms with E-state index in [4.69, 9.17) is 0 Å². The minimum atomic E-state index is -4.52. The number of rotatable bonds is 5. The number of halogens is 3. The van der Waals surface area contributed by atoms with Crippen LogP contribution in [0.5, 0.6) is 0 Å². The smallest absolute Gasteiger partial charge is 0.325 e. The van der Waals surface area contributed by atoms with E-state index < -0.39 is 17.6 Å². The number of anilines is 1. The molecule has 0 bridgehead atoms. The third-order valence-corrected chi connectivity index (χ3v) is 3.89. The van der Waals surface area contributed by atoms with E-state index >= 15 is 0 Å². The van der Waals surface area contributed by atoms with E-state index in [1.807, 2.05) is 13.8 Å². The molecule has 0 aliphatic rings. The van der Waals surface area contributed by atoms with Crippen molar-refractivity contribution in [2.75, 3.05) is 11.1 Å². The molecule has 1 aromatic carbocycles. The van der Waals surface area contributed by atoms with Gasteiger partial charge in [0.25, 0.3) is 0 Å². The summed E-state index contributed by atoms with van der Waals surface area (Å²) in [7, 11) is 0. The quantitative estimate of drug-likeness (QED) is 0.842. The molecule has 0 aliphatic carbocycles. The first-order valence-corrected chi connectivity index (χ1v) is 7.76. The van der Waals surface area contributed by atoms with Crippen LogP contribution in [-0.2, 0) is 11.0 Å². The summed E-state index contributed by atoms with van der Waals surface area (Å²) in [4.78, 5) is 11.9. The lowest BCUT2D eigenvalue weighted by Gasteiger charge is -2.13. The van der Waals surface area contributed by atoms with Gasteiger partial charge in [0.15, 0.2) is 5.16 Å². The first-order valence-electron chi connectivity index (χ1n) is 6.77. The zero-order chi connectivity index (χ0) is 17.0. The van der Waals surface area contributed by atoms with Gasteiger partial charge >= 0.3 is 6.18 Å². The molecule has 1 amide bonds. The van der Waals surface area contributed by atoms with Crippen molar-refractivity contribution in [2.24, 2.45) is 0 Å². The first kappa shape index (κ1) is 17.3. The van der Waals surface area contributed by atoms with Crippen LogP contribution >= 0.6 is 11.8 Å². The number of carbonyl (C=O) groups is 1. The van der Waals surface area contributed by atoms with Crippen LogP contribution in [0, 0.1) is 0 Å². The van der Waals surface area contributed by atoms with Crippen LogP contribution in [0.25, 0.3) is 0 Å². The van der Waals surface area contributed by atoms with Crippen molar-refractivity contribution >= 4 is 23.4 Å². The number of carbonyl (C=O) groups excluding carboxylic acids is 1. The molecule has 0 radical (unpaired) electrons. The molecule has 0 saturated heterocycles. The normalized spacial score (nSPS) is 11.7. The van der Waals surface area contributed by atoms with Gasteiger partial charge < -0.3 is 9.88 Å². The van der Waals surface area contributed by atoms with E-state index in [2.05, 4.69) is 15.5 Å². The number of amides is 1. The highest BCUT2D eigenvalue weighted by Gasteiger charge is 2.33. The number of nitrogens with zero attached hydrogens (tertiary/aromatic N) is 3. The zero-order valence-corrected chi connectivity index (χ0v) is 13.3. The van der Waals surface area contributed by atoms with Gasteiger partial charge in [-0.05, 0) is 26.0 Å². The highest BCUT2D eigenvalue weighted by molar-refractivity contribution is 7.99. The maximum absolute atomic E-state index is 12.9. The van der Waals surface area contributed by atoms with Crippen LogP contribution in [0.15, 0.2) is 35.7 Å². The highest BCUT2D eigenvalue weighted by atomic mass is 32.2. The van der Waals surface area contributed by atoms with Crippen molar-refractivity contribution in [3.05, 3.63) is 36.2 Å². The molecule has 1 N–H and O–H groups in total. The van der Waals surface area contributed by atoms with Crippen LogP contribution in [0.3, 0.4) is 0 Å². The van der Waals surface area contributed by atoms with Gasteiger partial charge in [-0.2, -0.15) is 13.2 Å². The minimum absolute atomic E-state index is 0.0579. The predicted octanol–water partition coefficient (Wildman–Crippen LogP) is 3.61. The van der Waals surface area contributed by atoms with Gasteiger partial charge in [-0.15, -0.1) is 10.2 Å². The maximum atomic E-state index is 12.9. The summed E-state index contributed by atoms with van der Waals surface area (Å²) in [6.45, 7) is 3.88. The summed E-state index contributed by atoms with van der Waals surface area (Å²) in [6.07, 6.45) is -2.97. The molecule has 5 nitrogen and oxygen atoms in total. The minimum Gasteiger partial charge on any atom is -0.325 e. The second-order valence-corrected chi connectivity index (χ2v) is 5.94. The highest BCUT2D eigenvalue weighted by Crippen LogP contribution is 2.34. The van der Waals surface area contributed by atoms with E-state index in [9.17, 15) is 18.0 Å². The summed E-state index contributed by atoms with van der Waals surface area (Å²) in [5, 5.41) is 10.5. The topological polar surface area (TPSA) is 59.8 Å². The van der Waals surface area contributed by atoms with Gasteiger partial charge in [-0.3, -0.25) is 4.79 Å². The summed E-state index contributed by atoms with van der Waals surface area (Å²) >= 11 is 1.12. The Kier molecular flexibility index (Phi) is 5.30. The number of thioether (sulfide) groups is 1. The SMILES string of the molecule is CC(C)n1cnnc1SCC(=O)Nc1ccccc1C(F)(F)F. The summed E-state index contributed by atoms with van der Waals surface area (Å²) in [5.74, 6) is -0.595. The number of hydrogen-bond acceptors (Lipinski definition) is 4. The van der Waals surface area contributed by atoms with Crippen LogP contribution in [0.1, 0.15) is 25.5 Å². The summed E-state index contributed by atoms with van der Waals surface area (Å²) < 4.78 is 40.4. The number of benzene rings is 1. The molecule has 124 valence electrons. The number of aromatic nitrogens is 3. The molecular formula is C14H15F3N4OS. The van der Waals surface area contributed by atoms with Gasteiger partial charge in [0, 0.05) is 6.04 Å². The van der Waals surface area contributed by atoms with Gasteiger partial charge in [-0.25, -0.2) is 0 Å². The second kappa shape index (κ2) is 7.03. The molecule has 9 heteroatoms. The van der Waals surface area contributed by atoms with Gasteiger partial charge in [-0.1, -0.05) is 23.9 Å².